The summed E-state index contributed by atoms with van der Waals surface area (Å²) in [4.78, 5) is 5.41. The van der Waals surface area contributed by atoms with Gasteiger partial charge in [0.05, 0.1) is 38.9 Å². The van der Waals surface area contributed by atoms with Gasteiger partial charge in [-0.2, -0.15) is 0 Å². The van der Waals surface area contributed by atoms with Crippen LogP contribution >= 0.6 is 0 Å². The van der Waals surface area contributed by atoms with Gasteiger partial charge in [0, 0.05) is 77.9 Å². The molecule has 0 unspecified atom stereocenters. The molecule has 18 aromatic rings. The Bertz CT molecular complexity index is 6340. The van der Waals surface area contributed by atoms with Crippen molar-refractivity contribution in [3.05, 3.63) is 404 Å². The van der Waals surface area contributed by atoms with Crippen LogP contribution in [0.4, 0.5) is 34.1 Å². The van der Waals surface area contributed by atoms with E-state index in [1.807, 2.05) is 0 Å². The topological polar surface area (TPSA) is 16.3 Å². The molecule has 4 nitrogen and oxygen atoms in total. The summed E-state index contributed by atoms with van der Waals surface area (Å²) in [6, 6.07) is 142. The second-order valence-corrected chi connectivity index (χ2v) is 29.8. The molecule has 5 heteroatoms. The highest BCUT2D eigenvalue weighted by Gasteiger charge is 2.49. The molecule has 0 saturated heterocycles. The molecule has 0 fully saturated rings. The zero-order chi connectivity index (χ0) is 70.4. The Kier molecular flexibility index (Phi) is 13.9. The Morgan fingerprint density at radius 1 is 0.264 bits per heavy atom. The van der Waals surface area contributed by atoms with E-state index in [1.165, 1.54) is 87.9 Å². The van der Waals surface area contributed by atoms with Gasteiger partial charge in [0.1, 0.15) is 0 Å². The van der Waals surface area contributed by atoms with E-state index in [4.69, 9.17) is 0 Å². The lowest BCUT2D eigenvalue weighted by Crippen LogP contribution is -2.61. The summed E-state index contributed by atoms with van der Waals surface area (Å²) < 4.78 is 5.08. The number of benzene rings is 16. The first-order chi connectivity index (χ1) is 52.3. The Morgan fingerprint density at radius 3 is 1.05 bits per heavy atom. The number of aromatic nitrogens is 2. The van der Waals surface area contributed by atoms with Crippen LogP contribution in [0.3, 0.4) is 0 Å². The van der Waals surface area contributed by atoms with E-state index in [1.54, 1.807) is 0 Å². The van der Waals surface area contributed by atoms with E-state index in [0.29, 0.717) is 0 Å². The predicted molar refractivity (Wildman–Crippen MR) is 447 cm³/mol. The van der Waals surface area contributed by atoms with Crippen LogP contribution < -0.4 is 26.2 Å². The van der Waals surface area contributed by atoms with Gasteiger partial charge in [-0.1, -0.05) is 330 Å². The third-order valence-corrected chi connectivity index (χ3v) is 23.1. The molecule has 1 aliphatic carbocycles. The van der Waals surface area contributed by atoms with Crippen LogP contribution in [-0.2, 0) is 10.8 Å². The Morgan fingerprint density at radius 2 is 0.623 bits per heavy atom. The average molecular weight is 1350 g/mol. The van der Waals surface area contributed by atoms with Gasteiger partial charge in [-0.05, 0) is 150 Å². The van der Waals surface area contributed by atoms with Gasteiger partial charge in [-0.15, -0.1) is 0 Å². The molecular formula is C101H71BN4. The van der Waals surface area contributed by atoms with Gasteiger partial charge in [0.15, 0.2) is 0 Å². The summed E-state index contributed by atoms with van der Waals surface area (Å²) in [7, 11) is 0. The summed E-state index contributed by atoms with van der Waals surface area (Å²) in [6.45, 7) is 6.93. The van der Waals surface area contributed by atoms with Crippen LogP contribution in [-0.4, -0.2) is 15.8 Å². The fourth-order valence-electron chi connectivity index (χ4n) is 18.5. The van der Waals surface area contributed by atoms with Crippen molar-refractivity contribution < 1.29 is 0 Å². The van der Waals surface area contributed by atoms with E-state index in [-0.39, 0.29) is 12.1 Å². The van der Waals surface area contributed by atoms with Crippen molar-refractivity contribution in [1.82, 2.24) is 9.13 Å². The first kappa shape index (κ1) is 61.4. The number of anilines is 6. The maximum Gasteiger partial charge on any atom is 0.252 e. The minimum Gasteiger partial charge on any atom is -0.310 e. The number of rotatable bonds is 10. The summed E-state index contributed by atoms with van der Waals surface area (Å²) in [5.74, 6) is 0. The molecule has 0 atom stereocenters. The lowest BCUT2D eigenvalue weighted by molar-refractivity contribution is 0.590. The summed E-state index contributed by atoms with van der Waals surface area (Å²) in [6.07, 6.45) is 0. The highest BCUT2D eigenvalue weighted by Crippen LogP contribution is 2.59. The Labute approximate surface area is 618 Å². The third kappa shape index (κ3) is 9.15. The third-order valence-electron chi connectivity index (χ3n) is 23.1. The van der Waals surface area contributed by atoms with Crippen LogP contribution in [0.15, 0.2) is 376 Å². The van der Waals surface area contributed by atoms with Gasteiger partial charge in [0.2, 0.25) is 0 Å². The zero-order valence-electron chi connectivity index (χ0n) is 59.2. The van der Waals surface area contributed by atoms with Crippen molar-refractivity contribution in [3.63, 3.8) is 0 Å². The molecule has 0 radical (unpaired) electrons. The SMILES string of the molecule is CC(C)(C)c1cc2c3c(c1)N(c1c(-c4ccccc4)cccc1-c1ccccc1)c1cc(-n4c5ccccc5c5cc6c(cc54)C(c4ccccc4)(c4ccccc4)c4ccccc4-6)ccc1B3c1ccc(-n3c4ccccc4c4ccccc43)cc1N2c1c(-c2ccccc2)cccc1-c1ccccc1. The van der Waals surface area contributed by atoms with Gasteiger partial charge in [-0.3, -0.25) is 0 Å². The summed E-state index contributed by atoms with van der Waals surface area (Å²) in [5, 5.41) is 4.88. The molecule has 0 bridgehead atoms. The van der Waals surface area contributed by atoms with Crippen molar-refractivity contribution in [2.24, 2.45) is 0 Å². The molecule has 0 amide bonds. The minimum atomic E-state index is -0.606. The summed E-state index contributed by atoms with van der Waals surface area (Å²) in [5.41, 5.74) is 34.3. The lowest BCUT2D eigenvalue weighted by Gasteiger charge is -2.46. The Hall–Kier alpha value is -13.2. The molecule has 0 N–H and O–H groups in total. The van der Waals surface area contributed by atoms with Crippen molar-refractivity contribution in [3.8, 4) is 67.0 Å². The normalized spacial score (nSPS) is 13.3. The first-order valence-corrected chi connectivity index (χ1v) is 37.1. The van der Waals surface area contributed by atoms with Crippen LogP contribution in [0, 0.1) is 0 Å². The number of hydrogen-bond acceptors (Lipinski definition) is 2. The standard InChI is InChI=1S/C101H71BN4/c1-100(2,3)72-60-95-97-96(61-72)106(99-77(68-36-14-6-15-37-68)50-31-51-78(99)69-38-16-7-17-39-69)94-63-74(104-91-55-29-25-47-82(91)84-64-83-79-44-22-26-52-85(79)101(86(83)65-92(84)104,70-40-18-8-19-41-70)71-42-20-9-21-43-71)57-59-88(94)102(97)87-58-56-73(103-89-53-27-23-45-80(89)81-46-24-28-54-90(81)103)62-93(87)105(95)98-75(66-32-10-4-11-33-66)48-30-49-76(98)67-34-12-5-13-35-67/h4-65H,1-3H3. The maximum absolute atomic E-state index is 2.71. The van der Waals surface area contributed by atoms with Gasteiger partial charge in [-0.25, -0.2) is 0 Å². The average Bonchev–Trinajstić information content (AvgIpc) is 1.23. The van der Waals surface area contributed by atoms with E-state index in [2.05, 4.69) is 416 Å². The Balaban J connectivity index is 0.909. The van der Waals surface area contributed by atoms with E-state index < -0.39 is 5.41 Å². The zero-order valence-corrected chi connectivity index (χ0v) is 59.2. The van der Waals surface area contributed by atoms with Crippen LogP contribution in [0.2, 0.25) is 0 Å². The van der Waals surface area contributed by atoms with Crippen molar-refractivity contribution >= 4 is 101 Å². The van der Waals surface area contributed by atoms with Gasteiger partial charge < -0.3 is 18.9 Å². The smallest absolute Gasteiger partial charge is 0.252 e. The molecule has 3 aliphatic rings. The second-order valence-electron chi connectivity index (χ2n) is 29.8. The van der Waals surface area contributed by atoms with Crippen LogP contribution in [0.5, 0.6) is 0 Å². The molecule has 21 rings (SSSR count). The fourth-order valence-corrected chi connectivity index (χ4v) is 18.5. The fraction of sp³-hybridized carbons (Fsp3) is 0.0495. The number of hydrogen-bond donors (Lipinski definition) is 0. The highest BCUT2D eigenvalue weighted by atomic mass is 15.2. The van der Waals surface area contributed by atoms with Crippen LogP contribution in [0.1, 0.15) is 48.6 Å². The van der Waals surface area contributed by atoms with Gasteiger partial charge >= 0.3 is 0 Å². The summed E-state index contributed by atoms with van der Waals surface area (Å²) >= 11 is 0. The first-order valence-electron chi connectivity index (χ1n) is 37.1. The number of nitrogens with zero attached hydrogens (tertiary/aromatic N) is 4. The molecule has 2 aromatic heterocycles. The number of fused-ring (bicyclic) bond motifs is 13. The second kappa shape index (κ2) is 23.9. The molecular weight excluding hydrogens is 1280 g/mol. The van der Waals surface area contributed by atoms with Crippen molar-refractivity contribution in [2.45, 2.75) is 31.6 Å². The van der Waals surface area contributed by atoms with E-state index in [9.17, 15) is 0 Å². The highest BCUT2D eigenvalue weighted by molar-refractivity contribution is 7.00. The lowest BCUT2D eigenvalue weighted by atomic mass is 9.33. The predicted octanol–water partition coefficient (Wildman–Crippen LogP) is 24.3. The van der Waals surface area contributed by atoms with Crippen LogP contribution in [0.25, 0.3) is 111 Å². The largest absolute Gasteiger partial charge is 0.310 e. The van der Waals surface area contributed by atoms with Crippen molar-refractivity contribution in [2.75, 3.05) is 9.80 Å². The van der Waals surface area contributed by atoms with E-state index >= 15 is 0 Å². The number of para-hydroxylation sites is 5. The van der Waals surface area contributed by atoms with E-state index in [0.717, 1.165) is 101 Å². The van der Waals surface area contributed by atoms with Gasteiger partial charge in [0.25, 0.3) is 6.71 Å². The molecule has 0 saturated carbocycles. The molecule has 498 valence electrons. The molecule has 2 aliphatic heterocycles. The minimum absolute atomic E-state index is 0.247. The maximum atomic E-state index is 2.71. The molecule has 4 heterocycles. The monoisotopic (exact) mass is 1350 g/mol. The molecule has 16 aromatic carbocycles. The quantitative estimate of drug-likeness (QED) is 0.127. The molecule has 106 heavy (non-hydrogen) atoms. The van der Waals surface area contributed by atoms with Crippen molar-refractivity contribution in [1.29, 1.82) is 0 Å². The molecule has 0 spiro atoms.